The number of anilines is 1. The molecule has 1 saturated carbocycles. The van der Waals surface area contributed by atoms with Crippen LogP contribution in [0.4, 0.5) is 5.95 Å². The quantitative estimate of drug-likeness (QED) is 0.848. The lowest BCUT2D eigenvalue weighted by Crippen LogP contribution is -2.32. The maximum Gasteiger partial charge on any atom is 0.308 e. The van der Waals surface area contributed by atoms with E-state index in [4.69, 9.17) is 9.47 Å². The number of methoxy groups -OCH3 is 1. The summed E-state index contributed by atoms with van der Waals surface area (Å²) in [4.78, 5) is 20.4. The molecule has 1 N–H and O–H groups in total. The summed E-state index contributed by atoms with van der Waals surface area (Å²) in [7, 11) is 1.44. The van der Waals surface area contributed by atoms with Crippen molar-refractivity contribution in [1.29, 1.82) is 0 Å². The highest BCUT2D eigenvalue weighted by Gasteiger charge is 2.28. The molecular weight excluding hydrogens is 306 g/mol. The van der Waals surface area contributed by atoms with E-state index in [0.717, 1.165) is 31.4 Å². The number of para-hydroxylation sites is 1. The highest BCUT2D eigenvalue weighted by atomic mass is 16.5. The van der Waals surface area contributed by atoms with Crippen LogP contribution in [0.5, 0.6) is 11.6 Å². The van der Waals surface area contributed by atoms with E-state index in [9.17, 15) is 4.79 Å². The number of esters is 1. The van der Waals surface area contributed by atoms with Gasteiger partial charge >= 0.3 is 5.97 Å². The van der Waals surface area contributed by atoms with Gasteiger partial charge in [0.1, 0.15) is 5.75 Å². The average molecular weight is 327 g/mol. The van der Waals surface area contributed by atoms with Gasteiger partial charge in [-0.2, -0.15) is 4.98 Å². The van der Waals surface area contributed by atoms with Crippen molar-refractivity contribution in [3.8, 4) is 11.6 Å². The van der Waals surface area contributed by atoms with Crippen LogP contribution in [0.15, 0.2) is 42.6 Å². The fraction of sp³-hybridized carbons (Fsp3) is 0.389. The van der Waals surface area contributed by atoms with Crippen molar-refractivity contribution in [2.75, 3.05) is 12.4 Å². The van der Waals surface area contributed by atoms with E-state index in [-0.39, 0.29) is 17.9 Å². The number of aromatic nitrogens is 2. The van der Waals surface area contributed by atoms with Gasteiger partial charge in [-0.05, 0) is 31.4 Å². The Hall–Kier alpha value is -2.63. The first-order valence-corrected chi connectivity index (χ1v) is 8.15. The van der Waals surface area contributed by atoms with Crippen LogP contribution in [0.2, 0.25) is 0 Å². The van der Waals surface area contributed by atoms with E-state index in [2.05, 4.69) is 15.3 Å². The highest BCUT2D eigenvalue weighted by molar-refractivity contribution is 5.72. The first kappa shape index (κ1) is 16.2. The van der Waals surface area contributed by atoms with Crippen molar-refractivity contribution >= 4 is 11.9 Å². The second-order valence-electron chi connectivity index (χ2n) is 5.86. The van der Waals surface area contributed by atoms with Crippen LogP contribution in [-0.4, -0.2) is 29.1 Å². The molecule has 0 spiro atoms. The van der Waals surface area contributed by atoms with Gasteiger partial charge in [-0.3, -0.25) is 4.79 Å². The van der Waals surface area contributed by atoms with Crippen LogP contribution in [0.25, 0.3) is 0 Å². The van der Waals surface area contributed by atoms with E-state index in [0.29, 0.717) is 11.8 Å². The van der Waals surface area contributed by atoms with Crippen LogP contribution in [0.3, 0.4) is 0 Å². The van der Waals surface area contributed by atoms with E-state index < -0.39 is 0 Å². The van der Waals surface area contributed by atoms with Crippen molar-refractivity contribution in [1.82, 2.24) is 9.97 Å². The maximum atomic E-state index is 11.7. The number of ether oxygens (including phenoxy) is 2. The molecule has 3 rings (SSSR count). The van der Waals surface area contributed by atoms with Gasteiger partial charge in [0, 0.05) is 18.3 Å². The van der Waals surface area contributed by atoms with Crippen LogP contribution in [0.1, 0.15) is 25.7 Å². The van der Waals surface area contributed by atoms with Gasteiger partial charge in [0.25, 0.3) is 0 Å². The Kier molecular flexibility index (Phi) is 5.25. The van der Waals surface area contributed by atoms with Crippen molar-refractivity contribution < 1.29 is 14.3 Å². The second kappa shape index (κ2) is 7.77. The van der Waals surface area contributed by atoms with Crippen LogP contribution < -0.4 is 10.1 Å². The fourth-order valence-electron chi connectivity index (χ4n) is 2.96. The first-order chi connectivity index (χ1) is 11.7. The molecule has 2 atom stereocenters. The number of nitrogens with zero attached hydrogens (tertiary/aromatic N) is 2. The average Bonchev–Trinajstić information content (AvgIpc) is 2.62. The highest BCUT2D eigenvalue weighted by Crippen LogP contribution is 2.27. The minimum absolute atomic E-state index is 0.0509. The smallest absolute Gasteiger partial charge is 0.308 e. The predicted octanol–water partition coefficient (Wildman–Crippen LogP) is 3.41. The SMILES string of the molecule is COC(=O)C1CCCC(Nc2nccc(Oc3ccccc3)n2)C1. The Balaban J connectivity index is 1.63. The maximum absolute atomic E-state index is 11.7. The van der Waals surface area contributed by atoms with Crippen LogP contribution >= 0.6 is 0 Å². The lowest BCUT2D eigenvalue weighted by Gasteiger charge is -2.28. The van der Waals surface area contributed by atoms with Gasteiger partial charge in [-0.1, -0.05) is 24.6 Å². The Bertz CT molecular complexity index is 678. The third-order valence-corrected chi connectivity index (χ3v) is 4.14. The fourth-order valence-corrected chi connectivity index (χ4v) is 2.96. The molecule has 126 valence electrons. The van der Waals surface area contributed by atoms with Gasteiger partial charge in [0.05, 0.1) is 13.0 Å². The third-order valence-electron chi connectivity index (χ3n) is 4.14. The topological polar surface area (TPSA) is 73.3 Å². The molecule has 1 aliphatic carbocycles. The summed E-state index contributed by atoms with van der Waals surface area (Å²) in [6.45, 7) is 0. The number of nitrogens with one attached hydrogen (secondary N) is 1. The summed E-state index contributed by atoms with van der Waals surface area (Å²) < 4.78 is 10.6. The number of hydrogen-bond donors (Lipinski definition) is 1. The van der Waals surface area contributed by atoms with Gasteiger partial charge in [0.15, 0.2) is 0 Å². The summed E-state index contributed by atoms with van der Waals surface area (Å²) >= 11 is 0. The largest absolute Gasteiger partial charge is 0.469 e. The predicted molar refractivity (Wildman–Crippen MR) is 89.9 cm³/mol. The molecule has 6 nitrogen and oxygen atoms in total. The number of carbonyl (C=O) groups excluding carboxylic acids is 1. The molecule has 1 fully saturated rings. The number of rotatable bonds is 5. The minimum Gasteiger partial charge on any atom is -0.469 e. The lowest BCUT2D eigenvalue weighted by molar-refractivity contribution is -0.146. The lowest BCUT2D eigenvalue weighted by atomic mass is 9.86. The van der Waals surface area contributed by atoms with Crippen LogP contribution in [0, 0.1) is 5.92 Å². The standard InChI is InChI=1S/C18H21N3O3/c1-23-17(22)13-6-5-7-14(12-13)20-18-19-11-10-16(21-18)24-15-8-3-2-4-9-15/h2-4,8-11,13-14H,5-7,12H2,1H3,(H,19,20,21). The molecule has 6 heteroatoms. The molecule has 1 aromatic heterocycles. The molecular formula is C18H21N3O3. The van der Waals surface area contributed by atoms with Gasteiger partial charge in [0.2, 0.25) is 11.8 Å². The second-order valence-corrected chi connectivity index (χ2v) is 5.86. The zero-order valence-corrected chi connectivity index (χ0v) is 13.6. The number of carbonyl (C=O) groups is 1. The van der Waals surface area contributed by atoms with Gasteiger partial charge < -0.3 is 14.8 Å². The Labute approximate surface area is 141 Å². The van der Waals surface area contributed by atoms with E-state index in [1.165, 1.54) is 7.11 Å². The van der Waals surface area contributed by atoms with Gasteiger partial charge in [-0.25, -0.2) is 4.98 Å². The van der Waals surface area contributed by atoms with Crippen molar-refractivity contribution in [3.63, 3.8) is 0 Å². The summed E-state index contributed by atoms with van der Waals surface area (Å²) in [6.07, 6.45) is 5.25. The molecule has 1 aliphatic rings. The Morgan fingerprint density at radius 1 is 1.21 bits per heavy atom. The Morgan fingerprint density at radius 2 is 2.04 bits per heavy atom. The zero-order valence-electron chi connectivity index (χ0n) is 13.6. The molecule has 24 heavy (non-hydrogen) atoms. The van der Waals surface area contributed by atoms with E-state index >= 15 is 0 Å². The van der Waals surface area contributed by atoms with Crippen molar-refractivity contribution in [2.45, 2.75) is 31.7 Å². The van der Waals surface area contributed by atoms with Crippen LogP contribution in [-0.2, 0) is 9.53 Å². The molecule has 1 aromatic carbocycles. The summed E-state index contributed by atoms with van der Waals surface area (Å²) in [5.74, 6) is 1.54. The van der Waals surface area contributed by atoms with E-state index in [1.807, 2.05) is 30.3 Å². The normalized spacial score (nSPS) is 20.2. The number of hydrogen-bond acceptors (Lipinski definition) is 6. The molecule has 0 saturated heterocycles. The molecule has 1 heterocycles. The molecule has 0 aliphatic heterocycles. The van der Waals surface area contributed by atoms with Crippen molar-refractivity contribution in [3.05, 3.63) is 42.6 Å². The molecule has 0 radical (unpaired) electrons. The van der Waals surface area contributed by atoms with E-state index in [1.54, 1.807) is 12.3 Å². The monoisotopic (exact) mass is 327 g/mol. The number of benzene rings is 1. The molecule has 0 amide bonds. The summed E-state index contributed by atoms with van der Waals surface area (Å²) in [5.41, 5.74) is 0. The summed E-state index contributed by atoms with van der Waals surface area (Å²) in [6, 6.07) is 11.4. The molecule has 0 bridgehead atoms. The Morgan fingerprint density at radius 3 is 2.83 bits per heavy atom. The van der Waals surface area contributed by atoms with Crippen molar-refractivity contribution in [2.24, 2.45) is 5.92 Å². The zero-order chi connectivity index (χ0) is 16.8. The molecule has 2 aromatic rings. The van der Waals surface area contributed by atoms with Gasteiger partial charge in [-0.15, -0.1) is 0 Å². The first-order valence-electron chi connectivity index (χ1n) is 8.15. The third kappa shape index (κ3) is 4.22. The molecule has 2 unspecified atom stereocenters. The minimum atomic E-state index is -0.136. The summed E-state index contributed by atoms with van der Waals surface area (Å²) in [5, 5.41) is 3.31.